The van der Waals surface area contributed by atoms with Gasteiger partial charge in [-0.05, 0) is 48.6 Å². The van der Waals surface area contributed by atoms with Gasteiger partial charge in [-0.1, -0.05) is 41.9 Å². The molecule has 1 saturated heterocycles. The Bertz CT molecular complexity index is 969. The fraction of sp³-hybridized carbons (Fsp3) is 0.480. The van der Waals surface area contributed by atoms with Gasteiger partial charge in [0.15, 0.2) is 0 Å². The van der Waals surface area contributed by atoms with Gasteiger partial charge in [0.1, 0.15) is 0 Å². The Balaban J connectivity index is 1.42. The molecule has 1 aliphatic carbocycles. The van der Waals surface area contributed by atoms with Crippen molar-refractivity contribution < 1.29 is 9.53 Å². The quantitative estimate of drug-likeness (QED) is 0.795. The SMILES string of the molecule is COC[C@H]1CN[C@H](C)CN1CC(=O)N1CC2(Cc3ccccc3C2)c2ccc(Cl)cc21. The van der Waals surface area contributed by atoms with E-state index in [1.165, 1.54) is 16.7 Å². The summed E-state index contributed by atoms with van der Waals surface area (Å²) in [6.07, 6.45) is 1.94. The number of nitrogens with zero attached hydrogens (tertiary/aromatic N) is 2. The summed E-state index contributed by atoms with van der Waals surface area (Å²) in [5, 5.41) is 4.18. The first-order valence-corrected chi connectivity index (χ1v) is 11.5. The number of fused-ring (bicyclic) bond motifs is 3. The van der Waals surface area contributed by atoms with Crippen molar-refractivity contribution in [2.24, 2.45) is 0 Å². The standard InChI is InChI=1S/C25H30ClN3O2/c1-17-13-28(21(12-27-17)15-31-2)14-24(30)29-16-25(22-8-7-20(26)9-23(22)29)10-18-5-3-4-6-19(18)11-25/h3-9,17,21,27H,10-16H2,1-2H3/t17-,21-/m1/s1. The Morgan fingerprint density at radius 1 is 1.23 bits per heavy atom. The summed E-state index contributed by atoms with van der Waals surface area (Å²) >= 11 is 6.38. The first kappa shape index (κ1) is 21.0. The molecule has 6 heteroatoms. The smallest absolute Gasteiger partial charge is 0.241 e. The second-order valence-corrected chi connectivity index (χ2v) is 9.83. The summed E-state index contributed by atoms with van der Waals surface area (Å²) in [5.41, 5.74) is 4.98. The molecular formula is C25H30ClN3O2. The van der Waals surface area contributed by atoms with Crippen molar-refractivity contribution >= 4 is 23.2 Å². The monoisotopic (exact) mass is 439 g/mol. The number of amides is 1. The van der Waals surface area contributed by atoms with Crippen LogP contribution in [0.3, 0.4) is 0 Å². The zero-order valence-electron chi connectivity index (χ0n) is 18.2. The number of piperazine rings is 1. The van der Waals surface area contributed by atoms with Gasteiger partial charge in [0, 0.05) is 55.0 Å². The van der Waals surface area contributed by atoms with E-state index in [0.29, 0.717) is 30.8 Å². The lowest BCUT2D eigenvalue weighted by Crippen LogP contribution is -2.59. The number of hydrogen-bond donors (Lipinski definition) is 1. The van der Waals surface area contributed by atoms with E-state index < -0.39 is 0 Å². The second kappa shape index (κ2) is 8.21. The van der Waals surface area contributed by atoms with Gasteiger partial charge in [-0.15, -0.1) is 0 Å². The van der Waals surface area contributed by atoms with Crippen molar-refractivity contribution in [3.05, 3.63) is 64.2 Å². The molecule has 0 unspecified atom stereocenters. The minimum absolute atomic E-state index is 0.0536. The number of methoxy groups -OCH3 is 1. The van der Waals surface area contributed by atoms with E-state index in [1.807, 2.05) is 17.0 Å². The molecule has 164 valence electrons. The molecule has 0 aromatic heterocycles. The van der Waals surface area contributed by atoms with E-state index in [1.54, 1.807) is 7.11 Å². The van der Waals surface area contributed by atoms with E-state index in [-0.39, 0.29) is 17.4 Å². The van der Waals surface area contributed by atoms with Crippen molar-refractivity contribution in [2.45, 2.75) is 37.3 Å². The molecule has 0 saturated carbocycles. The summed E-state index contributed by atoms with van der Waals surface area (Å²) in [7, 11) is 1.72. The Labute approximate surface area is 189 Å². The van der Waals surface area contributed by atoms with Crippen LogP contribution in [0.2, 0.25) is 5.02 Å². The number of hydrogen-bond acceptors (Lipinski definition) is 4. The number of carbonyl (C=O) groups is 1. The summed E-state index contributed by atoms with van der Waals surface area (Å²) in [4.78, 5) is 17.9. The highest BCUT2D eigenvalue weighted by molar-refractivity contribution is 6.31. The van der Waals surface area contributed by atoms with Crippen LogP contribution in [0.1, 0.15) is 23.6 Å². The Morgan fingerprint density at radius 2 is 1.97 bits per heavy atom. The maximum Gasteiger partial charge on any atom is 0.241 e. The van der Waals surface area contributed by atoms with Crippen LogP contribution in [0, 0.1) is 0 Å². The van der Waals surface area contributed by atoms with Crippen molar-refractivity contribution in [3.8, 4) is 0 Å². The third-order valence-electron chi connectivity index (χ3n) is 7.18. The maximum atomic E-state index is 13.6. The summed E-state index contributed by atoms with van der Waals surface area (Å²) < 4.78 is 5.41. The van der Waals surface area contributed by atoms with Crippen LogP contribution in [0.15, 0.2) is 42.5 Å². The Morgan fingerprint density at radius 3 is 2.68 bits per heavy atom. The van der Waals surface area contributed by atoms with Crippen LogP contribution >= 0.6 is 11.6 Å². The highest BCUT2D eigenvalue weighted by Gasteiger charge is 2.48. The first-order valence-electron chi connectivity index (χ1n) is 11.1. The number of anilines is 1. The highest BCUT2D eigenvalue weighted by atomic mass is 35.5. The summed E-state index contributed by atoms with van der Waals surface area (Å²) in [6, 6.07) is 15.3. The van der Waals surface area contributed by atoms with Crippen LogP contribution in [0.25, 0.3) is 0 Å². The summed E-state index contributed by atoms with van der Waals surface area (Å²) in [5.74, 6) is 0.145. The predicted octanol–water partition coefficient (Wildman–Crippen LogP) is 3.03. The summed E-state index contributed by atoms with van der Waals surface area (Å²) in [6.45, 7) is 5.57. The molecule has 3 aliphatic rings. The largest absolute Gasteiger partial charge is 0.383 e. The van der Waals surface area contributed by atoms with Gasteiger partial charge in [0.2, 0.25) is 5.91 Å². The van der Waals surface area contributed by atoms with Crippen molar-refractivity contribution in [3.63, 3.8) is 0 Å². The minimum atomic E-state index is -0.0536. The molecule has 2 heterocycles. The molecule has 2 aromatic rings. The van der Waals surface area contributed by atoms with Crippen molar-refractivity contribution in [1.29, 1.82) is 0 Å². The van der Waals surface area contributed by atoms with Gasteiger partial charge < -0.3 is 15.0 Å². The number of nitrogens with one attached hydrogen (secondary N) is 1. The molecule has 2 atom stereocenters. The number of benzene rings is 2. The highest BCUT2D eigenvalue weighted by Crippen LogP contribution is 2.49. The average molecular weight is 440 g/mol. The maximum absolute atomic E-state index is 13.6. The van der Waals surface area contributed by atoms with Crippen molar-refractivity contribution in [2.75, 3.05) is 44.8 Å². The number of ether oxygens (including phenoxy) is 1. The van der Waals surface area contributed by atoms with E-state index in [0.717, 1.165) is 31.6 Å². The van der Waals surface area contributed by atoms with Crippen LogP contribution in [0.5, 0.6) is 0 Å². The normalized spacial score (nSPS) is 24.4. The molecule has 31 heavy (non-hydrogen) atoms. The third kappa shape index (κ3) is 3.78. The molecule has 1 spiro atoms. The van der Waals surface area contributed by atoms with Gasteiger partial charge in [0.05, 0.1) is 13.2 Å². The Kier molecular flexibility index (Phi) is 5.55. The zero-order valence-corrected chi connectivity index (χ0v) is 19.0. The van der Waals surface area contributed by atoms with Gasteiger partial charge >= 0.3 is 0 Å². The van der Waals surface area contributed by atoms with E-state index in [9.17, 15) is 4.79 Å². The second-order valence-electron chi connectivity index (χ2n) is 9.39. The fourth-order valence-corrected chi connectivity index (χ4v) is 5.88. The lowest BCUT2D eigenvalue weighted by Gasteiger charge is -2.39. The predicted molar refractivity (Wildman–Crippen MR) is 124 cm³/mol. The van der Waals surface area contributed by atoms with Crippen LogP contribution < -0.4 is 10.2 Å². The average Bonchev–Trinajstić information content (AvgIpc) is 3.27. The molecule has 0 radical (unpaired) electrons. The Hall–Kier alpha value is -1.92. The van der Waals surface area contributed by atoms with E-state index in [2.05, 4.69) is 47.5 Å². The minimum Gasteiger partial charge on any atom is -0.383 e. The lowest BCUT2D eigenvalue weighted by atomic mass is 9.79. The third-order valence-corrected chi connectivity index (χ3v) is 7.42. The van der Waals surface area contributed by atoms with E-state index in [4.69, 9.17) is 16.3 Å². The van der Waals surface area contributed by atoms with Gasteiger partial charge in [-0.3, -0.25) is 9.69 Å². The van der Waals surface area contributed by atoms with Gasteiger partial charge in [-0.2, -0.15) is 0 Å². The molecule has 1 amide bonds. The van der Waals surface area contributed by atoms with Crippen molar-refractivity contribution in [1.82, 2.24) is 10.2 Å². The molecule has 1 N–H and O–H groups in total. The molecule has 5 nitrogen and oxygen atoms in total. The molecule has 1 fully saturated rings. The lowest BCUT2D eigenvalue weighted by molar-refractivity contribution is -0.121. The van der Waals surface area contributed by atoms with Gasteiger partial charge in [-0.25, -0.2) is 0 Å². The molecule has 5 rings (SSSR count). The van der Waals surface area contributed by atoms with Crippen LogP contribution in [0.4, 0.5) is 5.69 Å². The zero-order chi connectivity index (χ0) is 21.6. The molecule has 2 aliphatic heterocycles. The molecule has 0 bridgehead atoms. The number of halogens is 1. The fourth-order valence-electron chi connectivity index (χ4n) is 5.71. The number of carbonyl (C=O) groups excluding carboxylic acids is 1. The molecular weight excluding hydrogens is 410 g/mol. The van der Waals surface area contributed by atoms with Gasteiger partial charge in [0.25, 0.3) is 0 Å². The first-order chi connectivity index (χ1) is 15.0. The molecule has 2 aromatic carbocycles. The topological polar surface area (TPSA) is 44.8 Å². The number of rotatable bonds is 4. The van der Waals surface area contributed by atoms with Crippen LogP contribution in [-0.2, 0) is 27.8 Å². The van der Waals surface area contributed by atoms with E-state index >= 15 is 0 Å². The van der Waals surface area contributed by atoms with Crippen LogP contribution in [-0.4, -0.2) is 62.8 Å².